The minimum atomic E-state index is -0.340. The molecule has 0 fully saturated rings. The molecule has 5 nitrogen and oxygen atoms in total. The van der Waals surface area contributed by atoms with Crippen molar-refractivity contribution < 1.29 is 9.18 Å². The van der Waals surface area contributed by atoms with Crippen LogP contribution in [-0.4, -0.2) is 32.8 Å². The molecule has 0 atom stereocenters. The number of hydrogen-bond donors (Lipinski definition) is 1. The van der Waals surface area contributed by atoms with Crippen LogP contribution in [0.15, 0.2) is 64.9 Å². The highest BCUT2D eigenvalue weighted by Crippen LogP contribution is 2.23. The lowest BCUT2D eigenvalue weighted by atomic mass is 10.2. The molecule has 2 heterocycles. The third-order valence-corrected chi connectivity index (χ3v) is 6.19. The van der Waals surface area contributed by atoms with Crippen LogP contribution in [0.2, 0.25) is 0 Å². The van der Waals surface area contributed by atoms with Gasteiger partial charge in [-0.05, 0) is 24.3 Å². The van der Waals surface area contributed by atoms with Gasteiger partial charge in [-0.25, -0.2) is 8.91 Å². The van der Waals surface area contributed by atoms with Crippen molar-refractivity contribution in [1.82, 2.24) is 19.9 Å². The molecular weight excluding hydrogens is 407 g/mol. The number of aromatic nitrogens is 3. The van der Waals surface area contributed by atoms with Gasteiger partial charge in [0.05, 0.1) is 11.3 Å². The molecule has 2 aromatic carbocycles. The average molecular weight is 427 g/mol. The fourth-order valence-electron chi connectivity index (χ4n) is 2.85. The quantitative estimate of drug-likeness (QED) is 0.423. The first-order chi connectivity index (χ1) is 14.2. The molecule has 148 valence electrons. The summed E-state index contributed by atoms with van der Waals surface area (Å²) in [6.07, 6.45) is 1.11. The first kappa shape index (κ1) is 19.6. The van der Waals surface area contributed by atoms with Crippen molar-refractivity contribution in [3.8, 4) is 11.4 Å². The van der Waals surface area contributed by atoms with Crippen LogP contribution in [0.4, 0.5) is 4.39 Å². The summed E-state index contributed by atoms with van der Waals surface area (Å²) in [6, 6.07) is 16.5. The molecular formula is C21H19FN4OS2. The fourth-order valence-corrected chi connectivity index (χ4v) is 4.58. The minimum absolute atomic E-state index is 0.0329. The van der Waals surface area contributed by atoms with Gasteiger partial charge in [0, 0.05) is 35.4 Å². The molecule has 2 aromatic heterocycles. The van der Waals surface area contributed by atoms with Gasteiger partial charge in [-0.2, -0.15) is 4.98 Å². The molecule has 0 aliphatic carbocycles. The molecule has 8 heteroatoms. The lowest BCUT2D eigenvalue weighted by molar-refractivity contribution is -0.120. The van der Waals surface area contributed by atoms with Gasteiger partial charge in [0.2, 0.25) is 10.9 Å². The number of carbonyl (C=O) groups excluding carboxylic acids is 1. The van der Waals surface area contributed by atoms with E-state index in [1.165, 1.54) is 17.4 Å². The average Bonchev–Trinajstić information content (AvgIpc) is 3.31. The smallest absolute Gasteiger partial charge is 0.220 e. The Bertz CT molecular complexity index is 1110. The Morgan fingerprint density at radius 2 is 1.93 bits per heavy atom. The lowest BCUT2D eigenvalue weighted by Crippen LogP contribution is -2.26. The molecule has 0 unspecified atom stereocenters. The number of amides is 1. The zero-order chi connectivity index (χ0) is 20.1. The third kappa shape index (κ3) is 4.83. The van der Waals surface area contributed by atoms with E-state index in [0.29, 0.717) is 35.7 Å². The SMILES string of the molecule is O=C(CCSc1ccccc1)NCCc1csc2nc(-c3ccccc3F)nn12. The Labute approximate surface area is 176 Å². The van der Waals surface area contributed by atoms with Gasteiger partial charge in [-0.3, -0.25) is 4.79 Å². The van der Waals surface area contributed by atoms with Crippen LogP contribution >= 0.6 is 23.1 Å². The zero-order valence-electron chi connectivity index (χ0n) is 15.5. The summed E-state index contributed by atoms with van der Waals surface area (Å²) < 4.78 is 15.7. The van der Waals surface area contributed by atoms with E-state index in [1.54, 1.807) is 34.5 Å². The number of nitrogens with one attached hydrogen (secondary N) is 1. The topological polar surface area (TPSA) is 59.3 Å². The second kappa shape index (κ2) is 9.19. The van der Waals surface area contributed by atoms with E-state index in [1.807, 2.05) is 35.7 Å². The van der Waals surface area contributed by atoms with Crippen molar-refractivity contribution in [3.05, 3.63) is 71.5 Å². The van der Waals surface area contributed by atoms with E-state index in [2.05, 4.69) is 15.4 Å². The molecule has 0 saturated heterocycles. The summed E-state index contributed by atoms with van der Waals surface area (Å²) in [5, 5.41) is 9.37. The maximum Gasteiger partial charge on any atom is 0.220 e. The summed E-state index contributed by atoms with van der Waals surface area (Å²) in [4.78, 5) is 18.3. The van der Waals surface area contributed by atoms with Gasteiger partial charge in [0.25, 0.3) is 0 Å². The van der Waals surface area contributed by atoms with E-state index in [9.17, 15) is 9.18 Å². The highest BCUT2D eigenvalue weighted by Gasteiger charge is 2.14. The van der Waals surface area contributed by atoms with Crippen LogP contribution in [0.1, 0.15) is 12.1 Å². The molecule has 0 aliphatic heterocycles. The zero-order valence-corrected chi connectivity index (χ0v) is 17.2. The normalized spacial score (nSPS) is 11.1. The van der Waals surface area contributed by atoms with Gasteiger partial charge in [0.1, 0.15) is 5.82 Å². The number of benzene rings is 2. The molecule has 1 N–H and O–H groups in total. The third-order valence-electron chi connectivity index (χ3n) is 4.31. The van der Waals surface area contributed by atoms with Crippen molar-refractivity contribution in [2.45, 2.75) is 17.7 Å². The summed E-state index contributed by atoms with van der Waals surface area (Å²) in [5.74, 6) is 0.810. The van der Waals surface area contributed by atoms with Gasteiger partial charge >= 0.3 is 0 Å². The monoisotopic (exact) mass is 426 g/mol. The highest BCUT2D eigenvalue weighted by atomic mass is 32.2. The number of rotatable bonds is 8. The number of thiazole rings is 1. The second-order valence-electron chi connectivity index (χ2n) is 6.35. The summed E-state index contributed by atoms with van der Waals surface area (Å²) in [6.45, 7) is 0.523. The van der Waals surface area contributed by atoms with Crippen LogP contribution in [0.25, 0.3) is 16.3 Å². The van der Waals surface area contributed by atoms with E-state index in [4.69, 9.17) is 0 Å². The van der Waals surface area contributed by atoms with E-state index < -0.39 is 0 Å². The van der Waals surface area contributed by atoms with E-state index in [0.717, 1.165) is 16.3 Å². The van der Waals surface area contributed by atoms with Gasteiger partial charge in [-0.15, -0.1) is 28.2 Å². The number of nitrogens with zero attached hydrogens (tertiary/aromatic N) is 3. The number of halogens is 1. The number of hydrogen-bond acceptors (Lipinski definition) is 5. The van der Waals surface area contributed by atoms with Gasteiger partial charge < -0.3 is 5.32 Å². The fraction of sp³-hybridized carbons (Fsp3) is 0.190. The second-order valence-corrected chi connectivity index (χ2v) is 8.35. The Morgan fingerprint density at radius 3 is 2.76 bits per heavy atom. The minimum Gasteiger partial charge on any atom is -0.356 e. The van der Waals surface area contributed by atoms with Crippen LogP contribution in [0, 0.1) is 5.82 Å². The van der Waals surface area contributed by atoms with Crippen molar-refractivity contribution in [2.24, 2.45) is 0 Å². The first-order valence-corrected chi connectivity index (χ1v) is 11.1. The van der Waals surface area contributed by atoms with Gasteiger partial charge in [0.15, 0.2) is 5.82 Å². The van der Waals surface area contributed by atoms with Crippen molar-refractivity contribution in [3.63, 3.8) is 0 Å². The van der Waals surface area contributed by atoms with Gasteiger partial charge in [-0.1, -0.05) is 30.3 Å². The number of thioether (sulfide) groups is 1. The van der Waals surface area contributed by atoms with E-state index >= 15 is 0 Å². The number of fused-ring (bicyclic) bond motifs is 1. The molecule has 4 aromatic rings. The van der Waals surface area contributed by atoms with Crippen LogP contribution in [0.5, 0.6) is 0 Å². The Balaban J connectivity index is 1.29. The first-order valence-electron chi connectivity index (χ1n) is 9.23. The van der Waals surface area contributed by atoms with Crippen LogP contribution in [0.3, 0.4) is 0 Å². The standard InChI is InChI=1S/C21H19FN4OS2/c22-18-9-5-4-8-17(18)20-24-21-26(25-20)15(14-29-21)10-12-23-19(27)11-13-28-16-6-2-1-3-7-16/h1-9,14H,10-13H2,(H,23,27). The molecule has 4 rings (SSSR count). The predicted molar refractivity (Wildman–Crippen MR) is 115 cm³/mol. The van der Waals surface area contributed by atoms with Crippen LogP contribution < -0.4 is 5.32 Å². The van der Waals surface area contributed by atoms with Crippen molar-refractivity contribution >= 4 is 34.0 Å². The molecule has 0 saturated carbocycles. The van der Waals surface area contributed by atoms with Crippen LogP contribution in [-0.2, 0) is 11.2 Å². The number of carbonyl (C=O) groups is 1. The maximum absolute atomic E-state index is 14.0. The molecule has 0 bridgehead atoms. The maximum atomic E-state index is 14.0. The van der Waals surface area contributed by atoms with E-state index in [-0.39, 0.29) is 11.7 Å². The largest absolute Gasteiger partial charge is 0.356 e. The van der Waals surface area contributed by atoms with Crippen molar-refractivity contribution in [2.75, 3.05) is 12.3 Å². The summed E-state index contributed by atoms with van der Waals surface area (Å²) in [5.41, 5.74) is 1.33. The Kier molecular flexibility index (Phi) is 6.21. The molecule has 0 radical (unpaired) electrons. The lowest BCUT2D eigenvalue weighted by Gasteiger charge is -2.05. The Hall–Kier alpha value is -2.71. The Morgan fingerprint density at radius 1 is 1.14 bits per heavy atom. The predicted octanol–water partition coefficient (Wildman–Crippen LogP) is 4.44. The molecule has 1 amide bonds. The summed E-state index contributed by atoms with van der Waals surface area (Å²) in [7, 11) is 0. The molecule has 0 spiro atoms. The molecule has 29 heavy (non-hydrogen) atoms. The van der Waals surface area contributed by atoms with Crippen molar-refractivity contribution in [1.29, 1.82) is 0 Å². The highest BCUT2D eigenvalue weighted by molar-refractivity contribution is 7.99. The molecule has 0 aliphatic rings. The summed E-state index contributed by atoms with van der Waals surface area (Å²) >= 11 is 3.13.